The van der Waals surface area contributed by atoms with E-state index in [9.17, 15) is 23.5 Å². The molecule has 1 aliphatic heterocycles. The van der Waals surface area contributed by atoms with Crippen LogP contribution in [0.2, 0.25) is 10.0 Å². The van der Waals surface area contributed by atoms with Gasteiger partial charge in [-0.2, -0.15) is 0 Å². The predicted molar refractivity (Wildman–Crippen MR) is 159 cm³/mol. The third-order valence-corrected chi connectivity index (χ3v) is 11.0. The average Bonchev–Trinajstić information content (AvgIpc) is 3.62. The second-order valence-corrected chi connectivity index (χ2v) is 15.3. The van der Waals surface area contributed by atoms with E-state index in [1.807, 2.05) is 18.7 Å². The molecule has 2 aliphatic rings. The van der Waals surface area contributed by atoms with Crippen LogP contribution in [-0.4, -0.2) is 106 Å². The lowest BCUT2D eigenvalue weighted by Crippen LogP contribution is -2.57. The maximum absolute atomic E-state index is 12.9. The number of carbonyl (C=O) groups is 3. The van der Waals surface area contributed by atoms with Crippen LogP contribution in [0.15, 0.2) is 18.2 Å². The summed E-state index contributed by atoms with van der Waals surface area (Å²) >= 11 is 12.0. The van der Waals surface area contributed by atoms with Gasteiger partial charge < -0.3 is 44.3 Å². The molecule has 1 aliphatic carbocycles. The van der Waals surface area contributed by atoms with Gasteiger partial charge in [0.15, 0.2) is 0 Å². The molecule has 16 nitrogen and oxygen atoms in total. The van der Waals surface area contributed by atoms with Crippen LogP contribution < -0.4 is 16.0 Å². The molecule has 0 aromatic heterocycles. The second-order valence-electron chi connectivity index (χ2n) is 10.7. The minimum absolute atomic E-state index is 0.0575. The quantitative estimate of drug-likeness (QED) is 0.119. The molecule has 2 fully saturated rings. The highest BCUT2D eigenvalue weighted by Crippen LogP contribution is 2.58. The highest BCUT2D eigenvalue weighted by Gasteiger charge is 2.66. The number of hydrogen-bond acceptors (Lipinski definition) is 9. The maximum atomic E-state index is 12.9. The number of amides is 3. The molecule has 2 atom stereocenters. The summed E-state index contributed by atoms with van der Waals surface area (Å²) in [5.74, 6) is -0.738. The molecular weight excluding hydrogens is 668 g/mol. The van der Waals surface area contributed by atoms with Crippen LogP contribution in [0.25, 0.3) is 0 Å². The van der Waals surface area contributed by atoms with Gasteiger partial charge in [-0.1, -0.05) is 37.0 Å². The molecule has 21 heteroatoms. The fourth-order valence-corrected chi connectivity index (χ4v) is 7.37. The Balaban J connectivity index is 1.49. The summed E-state index contributed by atoms with van der Waals surface area (Å²) in [5, 5.41) is 7.57. The third-order valence-electron chi connectivity index (χ3n) is 7.12. The van der Waals surface area contributed by atoms with Crippen molar-refractivity contribution in [1.29, 1.82) is 0 Å². The van der Waals surface area contributed by atoms with E-state index >= 15 is 0 Å². The summed E-state index contributed by atoms with van der Waals surface area (Å²) in [5.41, 5.74) is -3.38. The number of nitrogens with zero attached hydrogens (tertiary/aromatic N) is 1. The van der Waals surface area contributed by atoms with Gasteiger partial charge in [-0.05, 0) is 36.5 Å². The molecule has 1 heterocycles. The van der Waals surface area contributed by atoms with Gasteiger partial charge in [0.1, 0.15) is 6.61 Å². The highest BCUT2D eigenvalue weighted by molar-refractivity contribution is 7.70. The van der Waals surface area contributed by atoms with Crippen molar-refractivity contribution >= 4 is 63.4 Å². The number of hydrogen-bond donors (Lipinski definition) is 7. The van der Waals surface area contributed by atoms with Crippen molar-refractivity contribution in [1.82, 2.24) is 20.9 Å². The van der Waals surface area contributed by atoms with E-state index < -0.39 is 51.2 Å². The van der Waals surface area contributed by atoms with Crippen LogP contribution in [0.5, 0.6) is 0 Å². The lowest BCUT2D eigenvalue weighted by molar-refractivity contribution is -0.121. The number of halogens is 2. The highest BCUT2D eigenvalue weighted by atomic mass is 35.5. The van der Waals surface area contributed by atoms with Gasteiger partial charge in [0.2, 0.25) is 11.4 Å². The average molecular weight is 703 g/mol. The summed E-state index contributed by atoms with van der Waals surface area (Å²) in [6, 6.07) is 4.44. The molecule has 0 bridgehead atoms. The summed E-state index contributed by atoms with van der Waals surface area (Å²) in [4.78, 5) is 75.6. The Bertz CT molecular complexity index is 1290. The molecule has 3 rings (SSSR count). The molecule has 246 valence electrons. The van der Waals surface area contributed by atoms with Gasteiger partial charge in [0.25, 0.3) is 5.91 Å². The third kappa shape index (κ3) is 10.1. The van der Waals surface area contributed by atoms with Crippen molar-refractivity contribution in [2.45, 2.75) is 31.2 Å². The molecule has 44 heavy (non-hydrogen) atoms. The molecule has 3 amide bonds. The van der Waals surface area contributed by atoms with Crippen molar-refractivity contribution in [3.05, 3.63) is 33.8 Å². The Hall–Kier alpha value is -1.75. The summed E-state index contributed by atoms with van der Waals surface area (Å²) in [6.07, 6.45) is -0.800. The molecule has 1 aromatic carbocycles. The van der Waals surface area contributed by atoms with Gasteiger partial charge in [-0.3, -0.25) is 28.9 Å². The Morgan fingerprint density at radius 3 is 2.27 bits per heavy atom. The topological polar surface area (TPSA) is 233 Å². The minimum Gasteiger partial charge on any atom is -0.448 e. The summed E-state index contributed by atoms with van der Waals surface area (Å²) in [6.45, 7) is 4.75. The number of rotatable bonds is 12. The Labute approximate surface area is 263 Å². The molecule has 0 spiro atoms. The molecule has 1 saturated heterocycles. The van der Waals surface area contributed by atoms with E-state index in [0.29, 0.717) is 24.5 Å². The van der Waals surface area contributed by atoms with Crippen LogP contribution in [0.3, 0.4) is 0 Å². The monoisotopic (exact) mass is 702 g/mol. The predicted octanol–water partition coefficient (Wildman–Crippen LogP) is 0.995. The summed E-state index contributed by atoms with van der Waals surface area (Å²) in [7, 11) is -11.5. The van der Waals surface area contributed by atoms with Gasteiger partial charge in [0, 0.05) is 37.9 Å². The SMILES string of the molecule is CC(C)[C@@H]1C[C@@]1(NC(=O)CNC(=O)c1cc(Cl)ccc1Cl)B1OCCN(CCOC(=O)NC(P(=O)(O)O)P(=O)(O)O)CCO1. The lowest BCUT2D eigenvalue weighted by atomic mass is 9.71. The minimum atomic E-state index is -5.35. The van der Waals surface area contributed by atoms with Gasteiger partial charge in [-0.25, -0.2) is 4.79 Å². The largest absolute Gasteiger partial charge is 0.484 e. The van der Waals surface area contributed by atoms with E-state index in [1.54, 1.807) is 6.07 Å². The normalized spacial score (nSPS) is 21.4. The fourth-order valence-electron chi connectivity index (χ4n) is 4.88. The van der Waals surface area contributed by atoms with Crippen molar-refractivity contribution in [3.8, 4) is 0 Å². The van der Waals surface area contributed by atoms with Crippen LogP contribution in [0.1, 0.15) is 30.6 Å². The van der Waals surface area contributed by atoms with E-state index in [1.165, 1.54) is 17.4 Å². The second kappa shape index (κ2) is 15.2. The summed E-state index contributed by atoms with van der Waals surface area (Å²) < 4.78 is 39.5. The zero-order chi connectivity index (χ0) is 32.9. The molecular formula is C23H35BCl2N4O12P2. The molecule has 1 aromatic rings. The maximum Gasteiger partial charge on any atom is 0.484 e. The van der Waals surface area contributed by atoms with Crippen LogP contribution in [0, 0.1) is 11.8 Å². The van der Waals surface area contributed by atoms with Crippen molar-refractivity contribution in [2.75, 3.05) is 46.0 Å². The van der Waals surface area contributed by atoms with Crippen molar-refractivity contribution in [2.24, 2.45) is 11.8 Å². The number of ether oxygens (including phenoxy) is 1. The van der Waals surface area contributed by atoms with Crippen LogP contribution in [0.4, 0.5) is 4.79 Å². The number of alkyl carbamates (subject to hydrolysis) is 1. The first-order valence-corrected chi connectivity index (χ1v) is 17.6. The first-order chi connectivity index (χ1) is 20.4. The fraction of sp³-hybridized carbons (Fsp3) is 0.609. The van der Waals surface area contributed by atoms with Crippen LogP contribution in [-0.2, 0) is 28.0 Å². The Kier molecular flexibility index (Phi) is 12.7. The van der Waals surface area contributed by atoms with E-state index in [-0.39, 0.29) is 55.3 Å². The number of benzene rings is 1. The number of carbonyl (C=O) groups excluding carboxylic acids is 3. The molecule has 1 saturated carbocycles. The lowest BCUT2D eigenvalue weighted by Gasteiger charge is -2.31. The van der Waals surface area contributed by atoms with Crippen molar-refractivity contribution in [3.63, 3.8) is 0 Å². The van der Waals surface area contributed by atoms with Gasteiger partial charge in [0.05, 0.1) is 22.6 Å². The first-order valence-electron chi connectivity index (χ1n) is 13.5. The molecule has 0 unspecified atom stereocenters. The first kappa shape index (κ1) is 36.7. The Morgan fingerprint density at radius 1 is 1.11 bits per heavy atom. The zero-order valence-electron chi connectivity index (χ0n) is 23.9. The van der Waals surface area contributed by atoms with E-state index in [4.69, 9.17) is 56.8 Å². The standard InChI is InChI=1S/C23H35BCl2N4O12P2/c1-14(2)17-12-23(17,29-19(31)13-27-20(32)16-11-15(25)3-4-18(16)26)24-41-9-6-30(7-10-42-24)5-8-40-21(33)28-22(43(34,35)36)44(37,38)39/h3-4,11,14,17,22H,5-10,12-13H2,1-2H3,(H,27,32)(H,28,33)(H,29,31)(H2,34,35,36)(H2,37,38,39)/t17-,23-/m0/s1. The Morgan fingerprint density at radius 2 is 1.73 bits per heavy atom. The van der Waals surface area contributed by atoms with E-state index in [2.05, 4.69) is 10.6 Å². The van der Waals surface area contributed by atoms with Gasteiger partial charge >= 0.3 is 28.4 Å². The van der Waals surface area contributed by atoms with Gasteiger partial charge in [-0.15, -0.1) is 0 Å². The number of nitrogens with one attached hydrogen (secondary N) is 3. The smallest absolute Gasteiger partial charge is 0.448 e. The van der Waals surface area contributed by atoms with Crippen LogP contribution >= 0.6 is 38.4 Å². The molecule has 0 radical (unpaired) electrons. The van der Waals surface area contributed by atoms with E-state index in [0.717, 1.165) is 0 Å². The molecule has 7 N–H and O–H groups in total. The van der Waals surface area contributed by atoms with Crippen molar-refractivity contribution < 1.29 is 57.1 Å². The zero-order valence-corrected chi connectivity index (χ0v) is 27.2.